The van der Waals surface area contributed by atoms with Crippen LogP contribution in [0.1, 0.15) is 28.4 Å². The zero-order chi connectivity index (χ0) is 11.8. The molecular weight excluding hydrogens is 209 g/mol. The Morgan fingerprint density at radius 2 is 1.87 bits per heavy atom. The summed E-state index contributed by atoms with van der Waals surface area (Å²) in [5.41, 5.74) is -0.821. The predicted molar refractivity (Wildman–Crippen MR) is 47.9 cm³/mol. The van der Waals surface area contributed by atoms with Crippen molar-refractivity contribution in [2.24, 2.45) is 0 Å². The quantitative estimate of drug-likeness (QED) is 0.736. The van der Waals surface area contributed by atoms with Gasteiger partial charge in [-0.25, -0.2) is 0 Å². The summed E-state index contributed by atoms with van der Waals surface area (Å²) in [5, 5.41) is 9.13. The first kappa shape index (κ1) is 11.6. The van der Waals surface area contributed by atoms with E-state index < -0.39 is 17.5 Å². The third-order valence-corrected chi connectivity index (χ3v) is 2.03. The van der Waals surface area contributed by atoms with Crippen LogP contribution in [0.25, 0.3) is 0 Å². The van der Waals surface area contributed by atoms with E-state index in [1.165, 1.54) is 13.8 Å². The largest absolute Gasteiger partial charge is 0.507 e. The molecule has 0 saturated carbocycles. The van der Waals surface area contributed by atoms with Gasteiger partial charge in [0.1, 0.15) is 5.75 Å². The lowest BCUT2D eigenvalue weighted by Gasteiger charge is -2.11. The summed E-state index contributed by atoms with van der Waals surface area (Å²) >= 11 is 0. The van der Waals surface area contributed by atoms with Gasteiger partial charge in [0.2, 0.25) is 0 Å². The summed E-state index contributed by atoms with van der Waals surface area (Å²) in [6.45, 7) is 2.63. The Bertz CT molecular complexity index is 408. The minimum absolute atomic E-state index is 0.0977. The van der Waals surface area contributed by atoms with E-state index in [1.807, 2.05) is 0 Å². The lowest BCUT2D eigenvalue weighted by atomic mass is 10.0. The van der Waals surface area contributed by atoms with Gasteiger partial charge in [-0.15, -0.1) is 0 Å². The SMILES string of the molecule is CC(=O)c1cc(O)c(C(F)(F)F)cc1C. The molecule has 0 atom stereocenters. The summed E-state index contributed by atoms with van der Waals surface area (Å²) in [6, 6.07) is 1.62. The van der Waals surface area contributed by atoms with E-state index in [9.17, 15) is 18.0 Å². The molecule has 0 saturated heterocycles. The fraction of sp³-hybridized carbons (Fsp3) is 0.300. The molecule has 1 aromatic rings. The minimum Gasteiger partial charge on any atom is -0.507 e. The summed E-state index contributed by atoms with van der Waals surface area (Å²) in [5.74, 6) is -1.30. The van der Waals surface area contributed by atoms with E-state index in [2.05, 4.69) is 0 Å². The van der Waals surface area contributed by atoms with Crippen LogP contribution >= 0.6 is 0 Å². The fourth-order valence-electron chi connectivity index (χ4n) is 1.30. The van der Waals surface area contributed by atoms with Crippen molar-refractivity contribution in [3.63, 3.8) is 0 Å². The number of carbonyl (C=O) groups excluding carboxylic acids is 1. The van der Waals surface area contributed by atoms with Crippen LogP contribution in [0.15, 0.2) is 12.1 Å². The highest BCUT2D eigenvalue weighted by atomic mass is 19.4. The van der Waals surface area contributed by atoms with E-state index in [4.69, 9.17) is 5.11 Å². The lowest BCUT2D eigenvalue weighted by Crippen LogP contribution is -2.07. The van der Waals surface area contributed by atoms with Gasteiger partial charge in [0.15, 0.2) is 5.78 Å². The number of Topliss-reactive ketones (excluding diaryl/α,β-unsaturated/α-hetero) is 1. The van der Waals surface area contributed by atoms with Crippen LogP contribution < -0.4 is 0 Å². The fourth-order valence-corrected chi connectivity index (χ4v) is 1.30. The average molecular weight is 218 g/mol. The Hall–Kier alpha value is -1.52. The molecule has 0 aliphatic rings. The number of benzene rings is 1. The van der Waals surface area contributed by atoms with Gasteiger partial charge in [0.25, 0.3) is 0 Å². The van der Waals surface area contributed by atoms with Gasteiger partial charge < -0.3 is 5.11 Å². The highest BCUT2D eigenvalue weighted by Gasteiger charge is 2.34. The summed E-state index contributed by atoms with van der Waals surface area (Å²) in [6.07, 6.45) is -4.61. The molecule has 1 N–H and O–H groups in total. The second-order valence-corrected chi connectivity index (χ2v) is 3.24. The summed E-state index contributed by atoms with van der Waals surface area (Å²) in [7, 11) is 0. The molecule has 0 bridgehead atoms. The molecule has 0 radical (unpaired) electrons. The number of carbonyl (C=O) groups is 1. The van der Waals surface area contributed by atoms with Crippen LogP contribution in [0, 0.1) is 6.92 Å². The monoisotopic (exact) mass is 218 g/mol. The number of aryl methyl sites for hydroxylation is 1. The molecule has 1 aromatic carbocycles. The van der Waals surface area contributed by atoms with Crippen molar-refractivity contribution in [1.29, 1.82) is 0 Å². The van der Waals surface area contributed by atoms with E-state index in [-0.39, 0.29) is 16.9 Å². The van der Waals surface area contributed by atoms with Crippen molar-refractivity contribution in [1.82, 2.24) is 0 Å². The van der Waals surface area contributed by atoms with Gasteiger partial charge in [-0.2, -0.15) is 13.2 Å². The number of halogens is 3. The molecule has 0 heterocycles. The molecule has 0 aromatic heterocycles. The maximum absolute atomic E-state index is 12.3. The predicted octanol–water partition coefficient (Wildman–Crippen LogP) is 2.92. The van der Waals surface area contributed by atoms with Gasteiger partial charge in [0.05, 0.1) is 5.56 Å². The van der Waals surface area contributed by atoms with Gasteiger partial charge in [-0.05, 0) is 31.5 Å². The number of phenolic OH excluding ortho intramolecular Hbond substituents is 1. The first-order valence-electron chi connectivity index (χ1n) is 4.15. The minimum atomic E-state index is -4.61. The number of hydrogen-bond acceptors (Lipinski definition) is 2. The van der Waals surface area contributed by atoms with Gasteiger partial charge in [-0.3, -0.25) is 4.79 Å². The molecule has 0 aliphatic carbocycles. The Kier molecular flexibility index (Phi) is 2.75. The molecule has 0 amide bonds. The molecule has 15 heavy (non-hydrogen) atoms. The Labute approximate surface area is 84.3 Å². The third-order valence-electron chi connectivity index (χ3n) is 2.03. The van der Waals surface area contributed by atoms with Crippen molar-refractivity contribution in [3.05, 3.63) is 28.8 Å². The molecule has 0 spiro atoms. The van der Waals surface area contributed by atoms with Crippen molar-refractivity contribution < 1.29 is 23.1 Å². The zero-order valence-corrected chi connectivity index (χ0v) is 8.14. The maximum Gasteiger partial charge on any atom is 0.419 e. The molecule has 5 heteroatoms. The molecule has 82 valence electrons. The zero-order valence-electron chi connectivity index (χ0n) is 8.14. The average Bonchev–Trinajstić information content (AvgIpc) is 2.06. The normalized spacial score (nSPS) is 11.5. The molecule has 0 unspecified atom stereocenters. The van der Waals surface area contributed by atoms with E-state index in [1.54, 1.807) is 0 Å². The Morgan fingerprint density at radius 3 is 2.27 bits per heavy atom. The Balaban J connectivity index is 3.39. The number of alkyl halides is 3. The van der Waals surface area contributed by atoms with Crippen molar-refractivity contribution in [2.75, 3.05) is 0 Å². The molecule has 1 rings (SSSR count). The number of ketones is 1. The number of phenols is 1. The van der Waals surface area contributed by atoms with Gasteiger partial charge in [0, 0.05) is 5.56 Å². The Morgan fingerprint density at radius 1 is 1.33 bits per heavy atom. The van der Waals surface area contributed by atoms with Gasteiger partial charge in [-0.1, -0.05) is 0 Å². The summed E-state index contributed by atoms with van der Waals surface area (Å²) in [4.78, 5) is 11.0. The van der Waals surface area contributed by atoms with Crippen LogP contribution in [0.2, 0.25) is 0 Å². The third kappa shape index (κ3) is 2.29. The second kappa shape index (κ2) is 3.56. The smallest absolute Gasteiger partial charge is 0.419 e. The van der Waals surface area contributed by atoms with Crippen LogP contribution in [0.3, 0.4) is 0 Å². The lowest BCUT2D eigenvalue weighted by molar-refractivity contribution is -0.138. The molecular formula is C10H9F3O2. The maximum atomic E-state index is 12.3. The number of rotatable bonds is 1. The number of hydrogen-bond donors (Lipinski definition) is 1. The van der Waals surface area contributed by atoms with Crippen LogP contribution in [0.5, 0.6) is 5.75 Å². The van der Waals surface area contributed by atoms with Crippen molar-refractivity contribution in [3.8, 4) is 5.75 Å². The van der Waals surface area contributed by atoms with Crippen LogP contribution in [-0.4, -0.2) is 10.9 Å². The van der Waals surface area contributed by atoms with Crippen molar-refractivity contribution >= 4 is 5.78 Å². The first-order chi connectivity index (χ1) is 6.73. The standard InChI is InChI=1S/C10H9F3O2/c1-5-3-8(10(11,12)13)9(15)4-7(5)6(2)14/h3-4,15H,1-2H3. The molecule has 2 nitrogen and oxygen atoms in total. The topological polar surface area (TPSA) is 37.3 Å². The van der Waals surface area contributed by atoms with E-state index >= 15 is 0 Å². The molecule has 0 aliphatic heterocycles. The highest BCUT2D eigenvalue weighted by Crippen LogP contribution is 2.37. The molecule has 0 fully saturated rings. The van der Waals surface area contributed by atoms with Crippen LogP contribution in [-0.2, 0) is 6.18 Å². The summed E-state index contributed by atoms with van der Waals surface area (Å²) < 4.78 is 36.9. The van der Waals surface area contributed by atoms with Crippen LogP contribution in [0.4, 0.5) is 13.2 Å². The highest BCUT2D eigenvalue weighted by molar-refractivity contribution is 5.96. The van der Waals surface area contributed by atoms with Gasteiger partial charge >= 0.3 is 6.18 Å². The van der Waals surface area contributed by atoms with E-state index in [0.29, 0.717) is 0 Å². The second-order valence-electron chi connectivity index (χ2n) is 3.24. The van der Waals surface area contributed by atoms with E-state index in [0.717, 1.165) is 12.1 Å². The first-order valence-corrected chi connectivity index (χ1v) is 4.15. The number of aromatic hydroxyl groups is 1. The van der Waals surface area contributed by atoms with Crippen molar-refractivity contribution in [2.45, 2.75) is 20.0 Å².